The third-order valence-electron chi connectivity index (χ3n) is 7.50. The first-order valence-electron chi connectivity index (χ1n) is 11.5. The maximum absolute atomic E-state index is 12.8. The average Bonchev–Trinajstić information content (AvgIpc) is 3.35. The van der Waals surface area contributed by atoms with E-state index >= 15 is 0 Å². The lowest BCUT2D eigenvalue weighted by Crippen LogP contribution is -2.68. The van der Waals surface area contributed by atoms with Crippen LogP contribution in [0, 0.1) is 17.3 Å². The molecule has 2 saturated heterocycles. The number of guanidine groups is 1. The molecule has 4 rings (SSSR count). The molecule has 4 fully saturated rings. The Balaban J connectivity index is 0.00000240. The average molecular weight is 518 g/mol. The summed E-state index contributed by atoms with van der Waals surface area (Å²) in [6.07, 6.45) is 8.41. The number of fused-ring (bicyclic) bond motifs is 1. The van der Waals surface area contributed by atoms with Crippen molar-refractivity contribution in [3.8, 4) is 0 Å². The van der Waals surface area contributed by atoms with Crippen molar-refractivity contribution in [1.82, 2.24) is 15.5 Å². The van der Waals surface area contributed by atoms with Gasteiger partial charge < -0.3 is 20.3 Å². The highest BCUT2D eigenvalue weighted by Gasteiger charge is 2.59. The number of likely N-dealkylation sites (tertiary alicyclic amines) is 1. The second-order valence-electron chi connectivity index (χ2n) is 9.76. The van der Waals surface area contributed by atoms with E-state index in [0.29, 0.717) is 30.0 Å². The molecule has 1 amide bonds. The summed E-state index contributed by atoms with van der Waals surface area (Å²) in [7, 11) is 0. The van der Waals surface area contributed by atoms with Gasteiger partial charge in [0, 0.05) is 55.6 Å². The van der Waals surface area contributed by atoms with Gasteiger partial charge in [-0.05, 0) is 32.6 Å². The highest BCUT2D eigenvalue weighted by Crippen LogP contribution is 2.52. The van der Waals surface area contributed by atoms with E-state index in [0.717, 1.165) is 57.9 Å². The summed E-state index contributed by atoms with van der Waals surface area (Å²) in [5.41, 5.74) is 0.135. The zero-order valence-electron chi connectivity index (χ0n) is 18.3. The van der Waals surface area contributed by atoms with Gasteiger partial charge in [0.15, 0.2) is 5.96 Å². The van der Waals surface area contributed by atoms with Gasteiger partial charge in [-0.25, -0.2) is 0 Å². The van der Waals surface area contributed by atoms with E-state index in [-0.39, 0.29) is 35.3 Å². The van der Waals surface area contributed by atoms with E-state index in [1.807, 2.05) is 0 Å². The van der Waals surface area contributed by atoms with Gasteiger partial charge in [0.1, 0.15) is 0 Å². The molecule has 2 aliphatic heterocycles. The van der Waals surface area contributed by atoms with Gasteiger partial charge in [-0.2, -0.15) is 0 Å². The Morgan fingerprint density at radius 1 is 1.14 bits per heavy atom. The number of hydrogen-bond donors (Lipinski definition) is 2. The van der Waals surface area contributed by atoms with Crippen LogP contribution in [-0.4, -0.2) is 61.2 Å². The van der Waals surface area contributed by atoms with E-state index in [1.54, 1.807) is 0 Å². The summed E-state index contributed by atoms with van der Waals surface area (Å²) in [4.78, 5) is 19.6. The van der Waals surface area contributed by atoms with Crippen LogP contribution in [0.15, 0.2) is 4.99 Å². The molecule has 0 radical (unpaired) electrons. The topological polar surface area (TPSA) is 66.0 Å². The maximum atomic E-state index is 12.8. The summed E-state index contributed by atoms with van der Waals surface area (Å²) in [5, 5.41) is 7.33. The van der Waals surface area contributed by atoms with E-state index in [2.05, 4.69) is 36.3 Å². The highest BCUT2D eigenvalue weighted by molar-refractivity contribution is 14.0. The highest BCUT2D eigenvalue weighted by atomic mass is 127. The molecule has 2 heterocycles. The molecule has 0 bridgehead atoms. The van der Waals surface area contributed by atoms with Crippen molar-refractivity contribution >= 4 is 35.8 Å². The van der Waals surface area contributed by atoms with E-state index in [9.17, 15) is 4.79 Å². The van der Waals surface area contributed by atoms with Gasteiger partial charge >= 0.3 is 0 Å². The minimum atomic E-state index is 0. The molecule has 7 heteroatoms. The number of aliphatic imine (C=N–C) groups is 1. The SMILES string of the molecule is CCN=C(NC1CCN(C(=O)C2CCCCC2)C1)NC1C2CCOC2C1(C)C.I. The molecule has 4 unspecified atom stereocenters. The van der Waals surface area contributed by atoms with Crippen molar-refractivity contribution in [2.24, 2.45) is 22.2 Å². The van der Waals surface area contributed by atoms with Crippen LogP contribution in [0.25, 0.3) is 0 Å². The number of nitrogens with zero attached hydrogens (tertiary/aromatic N) is 2. The molecule has 2 N–H and O–H groups in total. The number of carbonyl (C=O) groups excluding carboxylic acids is 1. The van der Waals surface area contributed by atoms with Crippen molar-refractivity contribution in [2.75, 3.05) is 26.2 Å². The molecular formula is C22H39IN4O2. The van der Waals surface area contributed by atoms with Crippen molar-refractivity contribution in [2.45, 2.75) is 83.9 Å². The minimum Gasteiger partial charge on any atom is -0.377 e. The Morgan fingerprint density at radius 3 is 2.62 bits per heavy atom. The van der Waals surface area contributed by atoms with Crippen LogP contribution in [0.4, 0.5) is 0 Å². The Hall–Kier alpha value is -0.570. The predicted octanol–water partition coefficient (Wildman–Crippen LogP) is 3.15. The fraction of sp³-hybridized carbons (Fsp3) is 0.909. The normalized spacial score (nSPS) is 34.2. The smallest absolute Gasteiger partial charge is 0.225 e. The number of carbonyl (C=O) groups is 1. The molecule has 4 aliphatic rings. The van der Waals surface area contributed by atoms with Crippen molar-refractivity contribution in [1.29, 1.82) is 0 Å². The van der Waals surface area contributed by atoms with Gasteiger partial charge in [0.05, 0.1) is 6.10 Å². The molecule has 2 aliphatic carbocycles. The molecule has 29 heavy (non-hydrogen) atoms. The van der Waals surface area contributed by atoms with Crippen LogP contribution < -0.4 is 10.6 Å². The van der Waals surface area contributed by atoms with Crippen LogP contribution >= 0.6 is 24.0 Å². The van der Waals surface area contributed by atoms with Gasteiger partial charge in [-0.1, -0.05) is 33.1 Å². The van der Waals surface area contributed by atoms with Crippen LogP contribution in [-0.2, 0) is 9.53 Å². The van der Waals surface area contributed by atoms with Crippen molar-refractivity contribution < 1.29 is 9.53 Å². The number of ether oxygens (including phenoxy) is 1. The summed E-state index contributed by atoms with van der Waals surface area (Å²) >= 11 is 0. The second-order valence-corrected chi connectivity index (χ2v) is 9.76. The Bertz CT molecular complexity index is 606. The number of amides is 1. The summed E-state index contributed by atoms with van der Waals surface area (Å²) in [5.74, 6) is 2.15. The molecule has 6 nitrogen and oxygen atoms in total. The first-order chi connectivity index (χ1) is 13.5. The number of nitrogens with one attached hydrogen (secondary N) is 2. The monoisotopic (exact) mass is 518 g/mol. The summed E-state index contributed by atoms with van der Waals surface area (Å²) in [6.45, 7) is 9.98. The van der Waals surface area contributed by atoms with Crippen molar-refractivity contribution in [3.63, 3.8) is 0 Å². The van der Waals surface area contributed by atoms with Gasteiger partial charge in [0.2, 0.25) is 5.91 Å². The second kappa shape index (κ2) is 9.71. The summed E-state index contributed by atoms with van der Waals surface area (Å²) < 4.78 is 5.93. The molecule has 0 aromatic rings. The molecule has 4 atom stereocenters. The Labute approximate surface area is 193 Å². The van der Waals surface area contributed by atoms with E-state index in [1.165, 1.54) is 19.3 Å². The Kier molecular flexibility index (Phi) is 7.73. The van der Waals surface area contributed by atoms with Gasteiger partial charge in [-0.3, -0.25) is 9.79 Å². The molecule has 0 aromatic carbocycles. The van der Waals surface area contributed by atoms with E-state index in [4.69, 9.17) is 9.73 Å². The lowest BCUT2D eigenvalue weighted by molar-refractivity contribution is -0.135. The zero-order chi connectivity index (χ0) is 19.7. The number of halogens is 1. The quantitative estimate of drug-likeness (QED) is 0.341. The maximum Gasteiger partial charge on any atom is 0.225 e. The molecule has 0 aromatic heterocycles. The van der Waals surface area contributed by atoms with Crippen LogP contribution in [0.3, 0.4) is 0 Å². The first kappa shape index (κ1) is 23.1. The third-order valence-corrected chi connectivity index (χ3v) is 7.50. The van der Waals surface area contributed by atoms with Gasteiger partial charge in [-0.15, -0.1) is 24.0 Å². The zero-order valence-corrected chi connectivity index (χ0v) is 20.6. The number of hydrogen-bond acceptors (Lipinski definition) is 3. The fourth-order valence-electron chi connectivity index (χ4n) is 5.93. The lowest BCUT2D eigenvalue weighted by atomic mass is 9.57. The standard InChI is InChI=1S/C22H38N4O2.HI/c1-4-23-21(25-18-17-11-13-28-19(17)22(18,2)3)24-16-10-12-26(14-16)20(27)15-8-6-5-7-9-15;/h15-19H,4-14H2,1-3H3,(H2,23,24,25);1H. The number of rotatable bonds is 4. The molecule has 166 valence electrons. The predicted molar refractivity (Wildman–Crippen MR) is 127 cm³/mol. The fourth-order valence-corrected chi connectivity index (χ4v) is 5.93. The lowest BCUT2D eigenvalue weighted by Gasteiger charge is -2.55. The molecular weight excluding hydrogens is 479 g/mol. The third kappa shape index (κ3) is 4.70. The van der Waals surface area contributed by atoms with Crippen molar-refractivity contribution in [3.05, 3.63) is 0 Å². The van der Waals surface area contributed by atoms with Gasteiger partial charge in [0.25, 0.3) is 0 Å². The Morgan fingerprint density at radius 2 is 1.90 bits per heavy atom. The van der Waals surface area contributed by atoms with Crippen LogP contribution in [0.1, 0.15) is 65.7 Å². The van der Waals surface area contributed by atoms with Crippen LogP contribution in [0.5, 0.6) is 0 Å². The summed E-state index contributed by atoms with van der Waals surface area (Å²) in [6, 6.07) is 0.698. The molecule has 0 spiro atoms. The minimum absolute atomic E-state index is 0. The van der Waals surface area contributed by atoms with Crippen LogP contribution in [0.2, 0.25) is 0 Å². The van der Waals surface area contributed by atoms with E-state index < -0.39 is 0 Å². The largest absolute Gasteiger partial charge is 0.377 e. The molecule has 2 saturated carbocycles. The first-order valence-corrected chi connectivity index (χ1v) is 11.5.